The summed E-state index contributed by atoms with van der Waals surface area (Å²) in [6.45, 7) is 1.70. The summed E-state index contributed by atoms with van der Waals surface area (Å²) in [4.78, 5) is 16.4. The maximum atomic E-state index is 13.7. The van der Waals surface area contributed by atoms with Crippen molar-refractivity contribution < 1.29 is 17.6 Å². The minimum atomic E-state index is -3.06. The van der Waals surface area contributed by atoms with E-state index in [1.807, 2.05) is 0 Å². The Morgan fingerprint density at radius 3 is 2.45 bits per heavy atom. The zero-order valence-electron chi connectivity index (χ0n) is 11.2. The summed E-state index contributed by atoms with van der Waals surface area (Å²) < 4.78 is 37.7. The summed E-state index contributed by atoms with van der Waals surface area (Å²) in [5.74, 6) is -1.39. The second-order valence-electron chi connectivity index (χ2n) is 5.73. The average Bonchev–Trinajstić information content (AvgIpc) is 2.59. The number of sulfone groups is 1. The van der Waals surface area contributed by atoms with Crippen LogP contribution in [0.5, 0.6) is 0 Å². The van der Waals surface area contributed by atoms with Crippen molar-refractivity contribution in [3.8, 4) is 0 Å². The highest BCUT2D eigenvalue weighted by molar-refractivity contribution is 7.93. The second kappa shape index (κ2) is 4.62. The van der Waals surface area contributed by atoms with Gasteiger partial charge in [0, 0.05) is 11.6 Å². The molecular weight excluding hydrogens is 281 g/mol. The van der Waals surface area contributed by atoms with E-state index in [1.54, 1.807) is 6.92 Å². The van der Waals surface area contributed by atoms with E-state index in [0.29, 0.717) is 31.4 Å². The number of carbonyl (C=O) groups is 1. The van der Waals surface area contributed by atoms with Gasteiger partial charge in [0.25, 0.3) is 0 Å². The summed E-state index contributed by atoms with van der Waals surface area (Å²) in [5, 5.41) is -0.855. The third-order valence-electron chi connectivity index (χ3n) is 4.42. The summed E-state index contributed by atoms with van der Waals surface area (Å²) in [6.07, 6.45) is 1.88. The van der Waals surface area contributed by atoms with Crippen LogP contribution in [-0.4, -0.2) is 29.7 Å². The van der Waals surface area contributed by atoms with Crippen LogP contribution in [0, 0.1) is 18.7 Å². The normalized spacial score (nSPS) is 31.2. The number of aryl methyl sites for hydroxylation is 1. The van der Waals surface area contributed by atoms with Crippen LogP contribution in [0.25, 0.3) is 0 Å². The molecule has 2 unspecified atom stereocenters. The lowest BCUT2D eigenvalue weighted by atomic mass is 9.92. The standard InChI is InChI=1S/C14H16FNO3S/c1-8-2-5-12(15)13(16-8)14(17)9-6-10-3-4-11(7-9)20(10,18)19/h2,5,9-11H,3-4,6-7H2,1H3. The van der Waals surface area contributed by atoms with Crippen LogP contribution in [0.4, 0.5) is 4.39 Å². The Morgan fingerprint density at radius 2 is 1.85 bits per heavy atom. The molecule has 2 aliphatic heterocycles. The molecule has 3 rings (SSSR count). The highest BCUT2D eigenvalue weighted by Gasteiger charge is 2.48. The number of ketones is 1. The van der Waals surface area contributed by atoms with Crippen LogP contribution in [0.1, 0.15) is 41.9 Å². The monoisotopic (exact) mass is 297 g/mol. The topological polar surface area (TPSA) is 64.1 Å². The average molecular weight is 297 g/mol. The molecule has 0 aromatic carbocycles. The van der Waals surface area contributed by atoms with Gasteiger partial charge in [-0.15, -0.1) is 0 Å². The van der Waals surface area contributed by atoms with E-state index in [4.69, 9.17) is 0 Å². The number of nitrogens with zero attached hydrogens (tertiary/aromatic N) is 1. The van der Waals surface area contributed by atoms with Gasteiger partial charge in [-0.05, 0) is 44.7 Å². The SMILES string of the molecule is Cc1ccc(F)c(C(=O)C2CC3CCC(C2)S3(=O)=O)n1. The predicted molar refractivity (Wildman–Crippen MR) is 71.7 cm³/mol. The molecule has 108 valence electrons. The fraction of sp³-hybridized carbons (Fsp3) is 0.571. The summed E-state index contributed by atoms with van der Waals surface area (Å²) in [7, 11) is -3.06. The van der Waals surface area contributed by atoms with E-state index in [0.717, 1.165) is 0 Å². The van der Waals surface area contributed by atoms with E-state index < -0.39 is 32.1 Å². The number of carbonyl (C=O) groups excluding carboxylic acids is 1. The molecule has 0 N–H and O–H groups in total. The first-order valence-electron chi connectivity index (χ1n) is 6.79. The molecule has 0 radical (unpaired) electrons. The number of pyridine rings is 1. The van der Waals surface area contributed by atoms with E-state index >= 15 is 0 Å². The van der Waals surface area contributed by atoms with Gasteiger partial charge in [0.2, 0.25) is 0 Å². The minimum absolute atomic E-state index is 0.145. The first kappa shape index (κ1) is 13.7. The molecule has 3 heterocycles. The Labute approximate surface area is 117 Å². The lowest BCUT2D eigenvalue weighted by molar-refractivity contribution is 0.0895. The van der Waals surface area contributed by atoms with Crippen LogP contribution in [0.3, 0.4) is 0 Å². The van der Waals surface area contributed by atoms with Crippen LogP contribution in [-0.2, 0) is 9.84 Å². The van der Waals surface area contributed by atoms with Gasteiger partial charge in [-0.3, -0.25) is 4.79 Å². The lowest BCUT2D eigenvalue weighted by Gasteiger charge is -2.26. The van der Waals surface area contributed by atoms with Crippen molar-refractivity contribution >= 4 is 15.6 Å². The van der Waals surface area contributed by atoms with Crippen molar-refractivity contribution in [3.63, 3.8) is 0 Å². The molecule has 4 nitrogen and oxygen atoms in total. The predicted octanol–water partition coefficient (Wildman–Crippen LogP) is 2.07. The Kier molecular flexibility index (Phi) is 3.16. The first-order valence-corrected chi connectivity index (χ1v) is 8.40. The highest BCUT2D eigenvalue weighted by Crippen LogP contribution is 2.42. The van der Waals surface area contributed by atoms with Gasteiger partial charge >= 0.3 is 0 Å². The Morgan fingerprint density at radius 1 is 1.25 bits per heavy atom. The largest absolute Gasteiger partial charge is 0.292 e. The maximum absolute atomic E-state index is 13.7. The Bertz CT molecular complexity index is 651. The molecule has 0 spiro atoms. The van der Waals surface area contributed by atoms with Gasteiger partial charge in [-0.25, -0.2) is 17.8 Å². The number of hydrogen-bond acceptors (Lipinski definition) is 4. The van der Waals surface area contributed by atoms with Crippen LogP contribution >= 0.6 is 0 Å². The number of fused-ring (bicyclic) bond motifs is 2. The van der Waals surface area contributed by atoms with E-state index in [9.17, 15) is 17.6 Å². The first-order chi connectivity index (χ1) is 9.39. The molecule has 2 bridgehead atoms. The van der Waals surface area contributed by atoms with Crippen molar-refractivity contribution in [1.82, 2.24) is 4.98 Å². The highest BCUT2D eigenvalue weighted by atomic mass is 32.2. The summed E-state index contributed by atoms with van der Waals surface area (Å²) in [6, 6.07) is 2.75. The van der Waals surface area contributed by atoms with Gasteiger partial charge in [-0.1, -0.05) is 0 Å². The fourth-order valence-corrected chi connectivity index (χ4v) is 5.80. The molecule has 2 saturated heterocycles. The van der Waals surface area contributed by atoms with Crippen LogP contribution in [0.15, 0.2) is 12.1 Å². The molecule has 1 aromatic heterocycles. The van der Waals surface area contributed by atoms with Gasteiger partial charge in [-0.2, -0.15) is 0 Å². The molecule has 6 heteroatoms. The molecule has 1 aromatic rings. The number of aromatic nitrogens is 1. The molecule has 0 amide bonds. The fourth-order valence-electron chi connectivity index (χ4n) is 3.33. The van der Waals surface area contributed by atoms with Crippen molar-refractivity contribution in [3.05, 3.63) is 29.3 Å². The summed E-state index contributed by atoms with van der Waals surface area (Å²) in [5.41, 5.74) is 0.440. The lowest BCUT2D eigenvalue weighted by Crippen LogP contribution is -2.36. The van der Waals surface area contributed by atoms with Crippen molar-refractivity contribution in [2.75, 3.05) is 0 Å². The zero-order chi connectivity index (χ0) is 14.5. The molecule has 20 heavy (non-hydrogen) atoms. The van der Waals surface area contributed by atoms with E-state index in [2.05, 4.69) is 4.98 Å². The third-order valence-corrected chi connectivity index (χ3v) is 7.14. The number of hydrogen-bond donors (Lipinski definition) is 0. The Balaban J connectivity index is 1.88. The third kappa shape index (κ3) is 2.06. The van der Waals surface area contributed by atoms with E-state index in [1.165, 1.54) is 12.1 Å². The van der Waals surface area contributed by atoms with Crippen LogP contribution in [0.2, 0.25) is 0 Å². The quantitative estimate of drug-likeness (QED) is 0.784. The van der Waals surface area contributed by atoms with Gasteiger partial charge < -0.3 is 0 Å². The molecule has 0 aliphatic carbocycles. The number of halogens is 1. The van der Waals surface area contributed by atoms with Crippen molar-refractivity contribution in [1.29, 1.82) is 0 Å². The minimum Gasteiger partial charge on any atom is -0.292 e. The number of rotatable bonds is 2. The number of Topliss-reactive ketones (excluding diaryl/α,β-unsaturated/α-hetero) is 1. The Hall–Kier alpha value is -1.30. The molecule has 2 aliphatic rings. The zero-order valence-corrected chi connectivity index (χ0v) is 12.0. The van der Waals surface area contributed by atoms with E-state index in [-0.39, 0.29) is 11.5 Å². The van der Waals surface area contributed by atoms with Gasteiger partial charge in [0.1, 0.15) is 5.69 Å². The summed E-state index contributed by atoms with van der Waals surface area (Å²) >= 11 is 0. The second-order valence-corrected chi connectivity index (χ2v) is 8.24. The molecule has 2 atom stereocenters. The van der Waals surface area contributed by atoms with Gasteiger partial charge in [0.15, 0.2) is 21.4 Å². The maximum Gasteiger partial charge on any atom is 0.187 e. The van der Waals surface area contributed by atoms with Crippen molar-refractivity contribution in [2.45, 2.75) is 43.1 Å². The molecular formula is C14H16FNO3S. The van der Waals surface area contributed by atoms with Gasteiger partial charge in [0.05, 0.1) is 10.5 Å². The van der Waals surface area contributed by atoms with Crippen molar-refractivity contribution in [2.24, 2.45) is 5.92 Å². The molecule has 2 fully saturated rings. The van der Waals surface area contributed by atoms with Crippen LogP contribution < -0.4 is 0 Å². The molecule has 0 saturated carbocycles. The smallest absolute Gasteiger partial charge is 0.187 e.